The SMILES string of the molecule is C/C=C(/C)C1C/C=C(\C)C(OC2OC(CO)C(O)C2O)C(OC(=O)CC(C)C)C(=O)CC(OC)C(C)C(=O)O1. The number of rotatable bonds is 8. The van der Waals surface area contributed by atoms with Crippen molar-refractivity contribution in [1.29, 1.82) is 0 Å². The van der Waals surface area contributed by atoms with Crippen LogP contribution in [-0.4, -0.2) is 95.8 Å². The molecule has 1 fully saturated rings. The maximum Gasteiger partial charge on any atom is 0.311 e. The van der Waals surface area contributed by atoms with Gasteiger partial charge in [0.15, 0.2) is 18.2 Å². The molecule has 9 unspecified atom stereocenters. The van der Waals surface area contributed by atoms with Crippen molar-refractivity contribution in [2.45, 2.75) is 110 Å². The average molecular weight is 557 g/mol. The maximum absolute atomic E-state index is 13.7. The minimum absolute atomic E-state index is 0.0404. The van der Waals surface area contributed by atoms with Crippen LogP contribution in [0.2, 0.25) is 0 Å². The molecule has 0 aliphatic carbocycles. The monoisotopic (exact) mass is 556 g/mol. The van der Waals surface area contributed by atoms with Crippen molar-refractivity contribution in [3.05, 3.63) is 23.3 Å². The van der Waals surface area contributed by atoms with Gasteiger partial charge >= 0.3 is 11.9 Å². The van der Waals surface area contributed by atoms with Gasteiger partial charge < -0.3 is 39.0 Å². The van der Waals surface area contributed by atoms with Crippen molar-refractivity contribution < 1.29 is 53.4 Å². The van der Waals surface area contributed by atoms with Gasteiger partial charge in [0, 0.05) is 26.4 Å². The second-order valence-corrected chi connectivity index (χ2v) is 10.6. The molecule has 2 aliphatic heterocycles. The van der Waals surface area contributed by atoms with E-state index >= 15 is 0 Å². The van der Waals surface area contributed by atoms with E-state index in [1.165, 1.54) is 7.11 Å². The Morgan fingerprint density at radius 2 is 1.87 bits per heavy atom. The number of carbonyl (C=O) groups excluding carboxylic acids is 3. The third-order valence-electron chi connectivity index (χ3n) is 7.16. The quantitative estimate of drug-likeness (QED) is 0.295. The van der Waals surface area contributed by atoms with Crippen molar-refractivity contribution in [2.24, 2.45) is 11.8 Å². The highest BCUT2D eigenvalue weighted by Crippen LogP contribution is 2.30. The molecule has 0 aromatic rings. The highest BCUT2D eigenvalue weighted by atomic mass is 16.7. The normalized spacial score (nSPS) is 36.5. The zero-order valence-corrected chi connectivity index (χ0v) is 23.9. The van der Waals surface area contributed by atoms with Crippen molar-refractivity contribution in [2.75, 3.05) is 13.7 Å². The number of esters is 2. The fourth-order valence-electron chi connectivity index (χ4n) is 4.46. The summed E-state index contributed by atoms with van der Waals surface area (Å²) in [4.78, 5) is 39.4. The lowest BCUT2D eigenvalue weighted by molar-refractivity contribution is -0.209. The van der Waals surface area contributed by atoms with Crippen LogP contribution in [0, 0.1) is 11.8 Å². The minimum atomic E-state index is -1.52. The van der Waals surface area contributed by atoms with Crippen LogP contribution in [0.25, 0.3) is 0 Å². The summed E-state index contributed by atoms with van der Waals surface area (Å²) in [5.41, 5.74) is 1.26. The number of aliphatic hydroxyl groups is 3. The smallest absolute Gasteiger partial charge is 0.311 e. The molecule has 2 aliphatic rings. The van der Waals surface area contributed by atoms with E-state index in [0.717, 1.165) is 5.57 Å². The summed E-state index contributed by atoms with van der Waals surface area (Å²) in [5.74, 6) is -2.56. The molecule has 1 saturated heterocycles. The summed E-state index contributed by atoms with van der Waals surface area (Å²) in [5, 5.41) is 30.2. The molecule has 222 valence electrons. The van der Waals surface area contributed by atoms with Crippen LogP contribution in [0.3, 0.4) is 0 Å². The van der Waals surface area contributed by atoms with Crippen molar-refractivity contribution in [3.8, 4) is 0 Å². The predicted octanol–water partition coefficient (Wildman–Crippen LogP) is 1.61. The third kappa shape index (κ3) is 8.67. The van der Waals surface area contributed by atoms with Gasteiger partial charge in [-0.05, 0) is 44.8 Å². The molecule has 0 saturated carbocycles. The molecule has 9 atom stereocenters. The number of hydrogen-bond donors (Lipinski definition) is 3. The second kappa shape index (κ2) is 15.0. The molecule has 0 aromatic carbocycles. The van der Waals surface area contributed by atoms with E-state index in [9.17, 15) is 29.7 Å². The van der Waals surface area contributed by atoms with E-state index in [-0.39, 0.29) is 25.2 Å². The van der Waals surface area contributed by atoms with Gasteiger partial charge in [0.05, 0.1) is 18.6 Å². The van der Waals surface area contributed by atoms with Crippen LogP contribution in [-0.2, 0) is 38.1 Å². The van der Waals surface area contributed by atoms with Gasteiger partial charge in [0.1, 0.15) is 30.5 Å². The lowest BCUT2D eigenvalue weighted by Gasteiger charge is -2.32. The van der Waals surface area contributed by atoms with E-state index < -0.39 is 79.3 Å². The van der Waals surface area contributed by atoms with Crippen LogP contribution < -0.4 is 0 Å². The Balaban J connectivity index is 2.58. The number of Topliss-reactive ketones (excluding diaryl/α,β-unsaturated/α-hetero) is 1. The molecule has 11 heteroatoms. The van der Waals surface area contributed by atoms with Gasteiger partial charge in [-0.15, -0.1) is 0 Å². The van der Waals surface area contributed by atoms with Crippen LogP contribution >= 0.6 is 0 Å². The molecule has 3 N–H and O–H groups in total. The van der Waals surface area contributed by atoms with Gasteiger partial charge in [-0.25, -0.2) is 0 Å². The molecule has 2 rings (SSSR count). The maximum atomic E-state index is 13.7. The number of ketones is 1. The average Bonchev–Trinajstić information content (AvgIpc) is 3.16. The summed E-state index contributed by atoms with van der Waals surface area (Å²) < 4.78 is 28.5. The zero-order valence-electron chi connectivity index (χ0n) is 23.9. The molecule has 11 nitrogen and oxygen atoms in total. The Kier molecular flexibility index (Phi) is 12.7. The molecular formula is C28H44O11. The summed E-state index contributed by atoms with van der Waals surface area (Å²) >= 11 is 0. The van der Waals surface area contributed by atoms with Gasteiger partial charge in [0.25, 0.3) is 0 Å². The number of hydrogen-bond acceptors (Lipinski definition) is 11. The summed E-state index contributed by atoms with van der Waals surface area (Å²) in [6.07, 6.45) is -6.08. The Bertz CT molecular complexity index is 911. The Morgan fingerprint density at radius 3 is 2.41 bits per heavy atom. The number of cyclic esters (lactones) is 1. The highest BCUT2D eigenvalue weighted by molar-refractivity contribution is 5.88. The number of ether oxygens (including phenoxy) is 5. The molecule has 0 spiro atoms. The fraction of sp³-hybridized carbons (Fsp3) is 0.750. The minimum Gasteiger partial charge on any atom is -0.457 e. The first kappa shape index (κ1) is 33.1. The van der Waals surface area contributed by atoms with E-state index in [4.69, 9.17) is 23.7 Å². The summed E-state index contributed by atoms with van der Waals surface area (Å²) in [6.45, 7) is 10.0. The molecule has 2 heterocycles. The van der Waals surface area contributed by atoms with Crippen LogP contribution in [0.5, 0.6) is 0 Å². The van der Waals surface area contributed by atoms with E-state index in [2.05, 4.69) is 0 Å². The van der Waals surface area contributed by atoms with Crippen LogP contribution in [0.4, 0.5) is 0 Å². The van der Waals surface area contributed by atoms with Crippen LogP contribution in [0.1, 0.15) is 60.8 Å². The lowest BCUT2D eigenvalue weighted by Crippen LogP contribution is -2.47. The highest BCUT2D eigenvalue weighted by Gasteiger charge is 2.47. The molecule has 39 heavy (non-hydrogen) atoms. The standard InChI is InChI=1S/C28H44O11/c1-8-15(4)19-10-9-16(5)25(39-28-24(33)23(32)21(13-29)37-28)26(38-22(31)11-14(2)3)18(30)12-20(35-7)17(6)27(34)36-19/h8-9,14,17,19-21,23-26,28-29,32-33H,10-13H2,1-7H3/b15-8-,16-9+. The Hall–Kier alpha value is -2.15. The van der Waals surface area contributed by atoms with E-state index in [1.807, 2.05) is 33.8 Å². The lowest BCUT2D eigenvalue weighted by atomic mass is 9.92. The van der Waals surface area contributed by atoms with E-state index in [0.29, 0.717) is 5.57 Å². The van der Waals surface area contributed by atoms with Gasteiger partial charge in [-0.3, -0.25) is 14.4 Å². The first-order valence-electron chi connectivity index (χ1n) is 13.4. The number of carbonyl (C=O) groups is 3. The third-order valence-corrected chi connectivity index (χ3v) is 7.16. The van der Waals surface area contributed by atoms with E-state index in [1.54, 1.807) is 19.9 Å². The molecular weight excluding hydrogens is 512 g/mol. The number of aliphatic hydroxyl groups excluding tert-OH is 3. The molecule has 0 aromatic heterocycles. The second-order valence-electron chi connectivity index (χ2n) is 10.6. The molecule has 0 amide bonds. The largest absolute Gasteiger partial charge is 0.457 e. The van der Waals surface area contributed by atoms with Gasteiger partial charge in [-0.2, -0.15) is 0 Å². The predicted molar refractivity (Wildman–Crippen MR) is 139 cm³/mol. The topological polar surface area (TPSA) is 158 Å². The van der Waals surface area contributed by atoms with Crippen molar-refractivity contribution in [1.82, 2.24) is 0 Å². The first-order valence-corrected chi connectivity index (χ1v) is 13.4. The Morgan fingerprint density at radius 1 is 1.21 bits per heavy atom. The van der Waals surface area contributed by atoms with Gasteiger partial charge in [0.2, 0.25) is 0 Å². The fourth-order valence-corrected chi connectivity index (χ4v) is 4.46. The van der Waals surface area contributed by atoms with Crippen molar-refractivity contribution in [3.63, 3.8) is 0 Å². The Labute approximate surface area is 230 Å². The molecule has 0 bridgehead atoms. The van der Waals surface area contributed by atoms with Crippen LogP contribution in [0.15, 0.2) is 23.3 Å². The van der Waals surface area contributed by atoms with Crippen molar-refractivity contribution >= 4 is 17.7 Å². The number of allylic oxidation sites excluding steroid dienone is 1. The summed E-state index contributed by atoms with van der Waals surface area (Å²) in [6, 6.07) is 0. The summed E-state index contributed by atoms with van der Waals surface area (Å²) in [7, 11) is 1.38. The van der Waals surface area contributed by atoms with Gasteiger partial charge in [-0.1, -0.05) is 26.0 Å². The zero-order chi connectivity index (χ0) is 29.4. The number of methoxy groups -OCH3 is 1. The first-order chi connectivity index (χ1) is 18.3. The molecule has 0 radical (unpaired) electrons.